The summed E-state index contributed by atoms with van der Waals surface area (Å²) in [4.78, 5) is 16.9. The second-order valence-electron chi connectivity index (χ2n) is 6.26. The number of cyclic esters (lactones) is 1. The molecule has 3 rings (SSSR count). The fraction of sp³-hybridized carbons (Fsp3) is 0.263. The Morgan fingerprint density at radius 2 is 1.80 bits per heavy atom. The normalized spacial score (nSPS) is 20.7. The third-order valence-corrected chi connectivity index (χ3v) is 5.63. The number of ether oxygens (including phenoxy) is 1. The number of nitrogens with zero attached hydrogens (tertiary/aromatic N) is 1. The zero-order valence-electron chi connectivity index (χ0n) is 14.3. The van der Waals surface area contributed by atoms with Crippen molar-refractivity contribution in [3.05, 3.63) is 59.9 Å². The fourth-order valence-electron chi connectivity index (χ4n) is 3.01. The van der Waals surface area contributed by atoms with Gasteiger partial charge in [-0.2, -0.15) is 0 Å². The van der Waals surface area contributed by atoms with Gasteiger partial charge >= 0.3 is 5.97 Å². The van der Waals surface area contributed by atoms with Gasteiger partial charge in [0.05, 0.1) is 10.5 Å². The molecule has 0 bridgehead atoms. The molecule has 0 radical (unpaired) electrons. The molecule has 0 amide bonds. The Morgan fingerprint density at radius 3 is 2.32 bits per heavy atom. The minimum atomic E-state index is -3.28. The van der Waals surface area contributed by atoms with E-state index in [1.54, 1.807) is 42.7 Å². The number of hydrogen-bond donors (Lipinski definition) is 0. The summed E-state index contributed by atoms with van der Waals surface area (Å²) in [6.45, 7) is 3.82. The van der Waals surface area contributed by atoms with Crippen LogP contribution in [0.2, 0.25) is 0 Å². The highest BCUT2D eigenvalue weighted by Crippen LogP contribution is 2.45. The molecule has 6 heteroatoms. The number of benzene rings is 1. The van der Waals surface area contributed by atoms with Crippen molar-refractivity contribution < 1.29 is 17.9 Å². The van der Waals surface area contributed by atoms with Gasteiger partial charge < -0.3 is 4.74 Å². The number of rotatable bonds is 4. The van der Waals surface area contributed by atoms with Gasteiger partial charge in [0.1, 0.15) is 5.60 Å². The minimum Gasteiger partial charge on any atom is -0.451 e. The molecule has 5 nitrogen and oxygen atoms in total. The van der Waals surface area contributed by atoms with E-state index in [1.807, 2.05) is 19.9 Å². The number of aromatic nitrogens is 1. The molecule has 1 atom stereocenters. The van der Waals surface area contributed by atoms with Crippen molar-refractivity contribution in [1.82, 2.24) is 4.98 Å². The lowest BCUT2D eigenvalue weighted by atomic mass is 9.84. The number of hydrogen-bond acceptors (Lipinski definition) is 5. The van der Waals surface area contributed by atoms with E-state index in [4.69, 9.17) is 4.74 Å². The van der Waals surface area contributed by atoms with Crippen LogP contribution in [0, 0.1) is 0 Å². The van der Waals surface area contributed by atoms with Gasteiger partial charge in [-0.15, -0.1) is 0 Å². The smallest absolute Gasteiger partial charge is 0.340 e. The van der Waals surface area contributed by atoms with Crippen molar-refractivity contribution >= 4 is 27.0 Å². The Morgan fingerprint density at radius 1 is 1.12 bits per heavy atom. The highest BCUT2D eigenvalue weighted by molar-refractivity contribution is 7.90. The summed E-state index contributed by atoms with van der Waals surface area (Å²) >= 11 is 0. The molecule has 1 aliphatic heterocycles. The van der Waals surface area contributed by atoms with Crippen LogP contribution in [0.15, 0.2) is 53.7 Å². The first kappa shape index (κ1) is 17.4. The van der Waals surface area contributed by atoms with Gasteiger partial charge in [0.2, 0.25) is 0 Å². The molecule has 0 saturated heterocycles. The van der Waals surface area contributed by atoms with E-state index in [-0.39, 0.29) is 10.9 Å². The molecule has 0 fully saturated rings. The average molecular weight is 357 g/mol. The van der Waals surface area contributed by atoms with Crippen molar-refractivity contribution in [3.63, 3.8) is 0 Å². The van der Waals surface area contributed by atoms with Gasteiger partial charge in [0.25, 0.3) is 0 Å². The van der Waals surface area contributed by atoms with Crippen molar-refractivity contribution in [2.45, 2.75) is 30.8 Å². The summed E-state index contributed by atoms with van der Waals surface area (Å²) in [5.74, 6) is -0.389. The van der Waals surface area contributed by atoms with E-state index in [9.17, 15) is 13.2 Å². The first-order chi connectivity index (χ1) is 11.8. The first-order valence-corrected chi connectivity index (χ1v) is 9.84. The lowest BCUT2D eigenvalue weighted by Crippen LogP contribution is -2.26. The molecule has 1 aromatic heterocycles. The third-order valence-electron chi connectivity index (χ3n) is 4.50. The second-order valence-corrected chi connectivity index (χ2v) is 8.28. The molecule has 25 heavy (non-hydrogen) atoms. The quantitative estimate of drug-likeness (QED) is 0.786. The molecule has 1 aliphatic rings. The van der Waals surface area contributed by atoms with Gasteiger partial charge in [-0.1, -0.05) is 25.1 Å². The first-order valence-electron chi connectivity index (χ1n) is 7.95. The molecule has 1 unspecified atom stereocenters. The molecule has 0 spiro atoms. The predicted molar refractivity (Wildman–Crippen MR) is 95.4 cm³/mol. The maximum atomic E-state index is 12.6. The molecular formula is C19H19NO4S. The largest absolute Gasteiger partial charge is 0.451 e. The Bertz CT molecular complexity index is 947. The second kappa shape index (κ2) is 6.11. The Hall–Kier alpha value is -2.47. The lowest BCUT2D eigenvalue weighted by molar-refractivity contribution is -0.143. The highest BCUT2D eigenvalue weighted by atomic mass is 32.2. The van der Waals surface area contributed by atoms with E-state index >= 15 is 0 Å². The zero-order chi connectivity index (χ0) is 18.2. The van der Waals surface area contributed by atoms with E-state index in [0.717, 1.165) is 11.1 Å². The summed E-state index contributed by atoms with van der Waals surface area (Å²) < 4.78 is 29.0. The molecular weight excluding hydrogens is 338 g/mol. The Labute approximate surface area is 147 Å². The topological polar surface area (TPSA) is 73.3 Å². The summed E-state index contributed by atoms with van der Waals surface area (Å²) in [6.07, 6.45) is 5.04. The predicted octanol–water partition coefficient (Wildman–Crippen LogP) is 3.12. The Kier molecular flexibility index (Phi) is 4.24. The van der Waals surface area contributed by atoms with Crippen LogP contribution in [0.1, 0.15) is 31.4 Å². The highest BCUT2D eigenvalue weighted by Gasteiger charge is 2.43. The number of esters is 1. The maximum absolute atomic E-state index is 12.6. The van der Waals surface area contributed by atoms with E-state index in [2.05, 4.69) is 4.98 Å². The van der Waals surface area contributed by atoms with Crippen LogP contribution in [0.4, 0.5) is 0 Å². The van der Waals surface area contributed by atoms with Gasteiger partial charge in [-0.25, -0.2) is 13.2 Å². The van der Waals surface area contributed by atoms with Crippen molar-refractivity contribution in [2.75, 3.05) is 6.26 Å². The fourth-order valence-corrected chi connectivity index (χ4v) is 3.64. The standard InChI is InChI=1S/C19H19NO4S/c1-4-19(2)17(13-7-9-15(10-8-13)25(3,22)23)16(18(21)24-19)14-6-5-11-20-12-14/h5-12H,4H2,1-3H3. The number of pyridine rings is 1. The van der Waals surface area contributed by atoms with Crippen molar-refractivity contribution in [2.24, 2.45) is 0 Å². The van der Waals surface area contributed by atoms with Crippen molar-refractivity contribution in [1.29, 1.82) is 0 Å². The molecule has 130 valence electrons. The number of carbonyl (C=O) groups is 1. The van der Waals surface area contributed by atoms with E-state index < -0.39 is 15.4 Å². The summed E-state index contributed by atoms with van der Waals surface area (Å²) in [7, 11) is -3.28. The molecule has 2 heterocycles. The third kappa shape index (κ3) is 3.09. The van der Waals surface area contributed by atoms with Crippen LogP contribution in [-0.2, 0) is 19.4 Å². The molecule has 0 saturated carbocycles. The van der Waals surface area contributed by atoms with Gasteiger partial charge in [-0.3, -0.25) is 4.98 Å². The molecule has 0 aliphatic carbocycles. The average Bonchev–Trinajstić information content (AvgIpc) is 2.86. The van der Waals surface area contributed by atoms with Crippen LogP contribution in [-0.4, -0.2) is 31.2 Å². The monoisotopic (exact) mass is 357 g/mol. The molecule has 1 aromatic carbocycles. The number of carbonyl (C=O) groups excluding carboxylic acids is 1. The van der Waals surface area contributed by atoms with Crippen LogP contribution >= 0.6 is 0 Å². The van der Waals surface area contributed by atoms with Crippen molar-refractivity contribution in [3.8, 4) is 0 Å². The van der Waals surface area contributed by atoms with Crippen LogP contribution in [0.3, 0.4) is 0 Å². The number of sulfone groups is 1. The summed E-state index contributed by atoms with van der Waals surface area (Å²) in [6, 6.07) is 10.1. The van der Waals surface area contributed by atoms with E-state index in [0.29, 0.717) is 17.6 Å². The Balaban J connectivity index is 2.23. The minimum absolute atomic E-state index is 0.239. The lowest BCUT2D eigenvalue weighted by Gasteiger charge is -2.25. The van der Waals surface area contributed by atoms with E-state index in [1.165, 1.54) is 6.26 Å². The van der Waals surface area contributed by atoms with Gasteiger partial charge in [0.15, 0.2) is 9.84 Å². The SMILES string of the molecule is CCC1(C)OC(=O)C(c2cccnc2)=C1c1ccc(S(C)(=O)=O)cc1. The van der Waals surface area contributed by atoms with Gasteiger partial charge in [0, 0.05) is 29.8 Å². The van der Waals surface area contributed by atoms with Crippen LogP contribution in [0.25, 0.3) is 11.1 Å². The molecule has 2 aromatic rings. The zero-order valence-corrected chi connectivity index (χ0v) is 15.1. The summed E-state index contributed by atoms with van der Waals surface area (Å²) in [5, 5.41) is 0. The summed E-state index contributed by atoms with van der Waals surface area (Å²) in [5.41, 5.74) is 1.92. The van der Waals surface area contributed by atoms with Gasteiger partial charge in [-0.05, 0) is 37.1 Å². The molecule has 0 N–H and O–H groups in total. The van der Waals surface area contributed by atoms with Crippen LogP contribution in [0.5, 0.6) is 0 Å². The van der Waals surface area contributed by atoms with Crippen LogP contribution < -0.4 is 0 Å². The maximum Gasteiger partial charge on any atom is 0.340 e.